The molecular weight excluding hydrogens is 392 g/mol. The van der Waals surface area contributed by atoms with Gasteiger partial charge < -0.3 is 5.11 Å². The number of hydrogen-bond acceptors (Lipinski definition) is 2. The molecule has 2 heteroatoms. The van der Waals surface area contributed by atoms with Gasteiger partial charge in [0.15, 0.2) is 0 Å². The van der Waals surface area contributed by atoms with Crippen molar-refractivity contribution in [2.75, 3.05) is 0 Å². The number of aliphatic hydroxyl groups excluding tert-OH is 1. The van der Waals surface area contributed by atoms with Crippen LogP contribution >= 0.6 is 0 Å². The van der Waals surface area contributed by atoms with Crippen molar-refractivity contribution in [2.24, 2.45) is 50.7 Å². The van der Waals surface area contributed by atoms with Gasteiger partial charge in [-0.3, -0.25) is 4.79 Å². The highest BCUT2D eigenvalue weighted by Crippen LogP contribution is 2.89. The van der Waals surface area contributed by atoms with Gasteiger partial charge in [0.2, 0.25) is 0 Å². The van der Waals surface area contributed by atoms with Crippen LogP contribution in [0.4, 0.5) is 0 Å². The monoisotopic (exact) mass is 440 g/mol. The van der Waals surface area contributed by atoms with Crippen LogP contribution in [0, 0.1) is 50.7 Å². The molecule has 5 aliphatic carbocycles. The molecule has 0 heterocycles. The molecule has 2 spiro atoms. The largest absolute Gasteiger partial charge is 0.393 e. The Morgan fingerprint density at radius 2 is 1.62 bits per heavy atom. The van der Waals surface area contributed by atoms with Crippen LogP contribution < -0.4 is 0 Å². The Morgan fingerprint density at radius 1 is 0.938 bits per heavy atom. The van der Waals surface area contributed by atoms with Crippen LogP contribution in [-0.4, -0.2) is 17.5 Å². The molecule has 5 fully saturated rings. The lowest BCUT2D eigenvalue weighted by Crippen LogP contribution is -2.57. The number of allylic oxidation sites excluding steroid dienone is 2. The Bertz CT molecular complexity index is 812. The lowest BCUT2D eigenvalue weighted by Gasteiger charge is -2.63. The minimum absolute atomic E-state index is 0.0915. The third-order valence-electron chi connectivity index (χ3n) is 13.1. The highest BCUT2D eigenvalue weighted by atomic mass is 16.3. The first-order chi connectivity index (χ1) is 15.0. The van der Waals surface area contributed by atoms with Crippen LogP contribution in [0.3, 0.4) is 0 Å². The third kappa shape index (κ3) is 2.71. The van der Waals surface area contributed by atoms with Crippen molar-refractivity contribution in [3.05, 3.63) is 11.6 Å². The van der Waals surface area contributed by atoms with Crippen LogP contribution in [0.15, 0.2) is 11.6 Å². The van der Waals surface area contributed by atoms with Crippen LogP contribution in [0.5, 0.6) is 0 Å². The van der Waals surface area contributed by atoms with Crippen molar-refractivity contribution in [1.82, 2.24) is 0 Å². The first-order valence-electron chi connectivity index (χ1n) is 13.8. The lowest BCUT2D eigenvalue weighted by molar-refractivity contribution is -0.161. The molecule has 0 radical (unpaired) electrons. The molecule has 4 unspecified atom stereocenters. The number of aldehydes is 1. The van der Waals surface area contributed by atoms with Gasteiger partial charge in [0, 0.05) is 0 Å². The van der Waals surface area contributed by atoms with E-state index in [1.807, 2.05) is 6.92 Å². The third-order valence-corrected chi connectivity index (χ3v) is 13.1. The molecule has 5 saturated carbocycles. The van der Waals surface area contributed by atoms with Gasteiger partial charge in [0.05, 0.1) is 6.10 Å². The summed E-state index contributed by atoms with van der Waals surface area (Å²) in [6.07, 6.45) is 17.5. The predicted molar refractivity (Wildman–Crippen MR) is 131 cm³/mol. The fraction of sp³-hybridized carbons (Fsp3) is 0.900. The van der Waals surface area contributed by atoms with Crippen LogP contribution in [0.1, 0.15) is 112 Å². The lowest BCUT2D eigenvalue weighted by atomic mass is 9.41. The molecule has 0 saturated heterocycles. The van der Waals surface area contributed by atoms with Crippen LogP contribution in [0.2, 0.25) is 0 Å². The van der Waals surface area contributed by atoms with Crippen molar-refractivity contribution in [3.63, 3.8) is 0 Å². The molecule has 0 aromatic rings. The number of rotatable bonds is 5. The van der Waals surface area contributed by atoms with Gasteiger partial charge in [-0.2, -0.15) is 0 Å². The topological polar surface area (TPSA) is 37.3 Å². The Balaban J connectivity index is 1.39. The van der Waals surface area contributed by atoms with Gasteiger partial charge in [0.25, 0.3) is 0 Å². The summed E-state index contributed by atoms with van der Waals surface area (Å²) in [5, 5.41) is 10.8. The smallest absolute Gasteiger partial charge is 0.145 e. The maximum absolute atomic E-state index is 11.0. The molecule has 0 aromatic heterocycles. The highest BCUT2D eigenvalue weighted by molar-refractivity contribution is 5.71. The molecule has 32 heavy (non-hydrogen) atoms. The Kier molecular flexibility index (Phi) is 5.20. The van der Waals surface area contributed by atoms with Gasteiger partial charge in [0.1, 0.15) is 6.29 Å². The normalized spacial score (nSPS) is 52.3. The second-order valence-electron chi connectivity index (χ2n) is 14.1. The fourth-order valence-corrected chi connectivity index (χ4v) is 11.1. The Hall–Kier alpha value is -0.630. The highest BCUT2D eigenvalue weighted by Gasteiger charge is 2.82. The average Bonchev–Trinajstić information content (AvgIpc) is 3.33. The maximum Gasteiger partial charge on any atom is 0.145 e. The van der Waals surface area contributed by atoms with Crippen molar-refractivity contribution in [2.45, 2.75) is 118 Å². The second-order valence-corrected chi connectivity index (χ2v) is 14.1. The number of hydrogen-bond donors (Lipinski definition) is 1. The van der Waals surface area contributed by atoms with Crippen LogP contribution in [-0.2, 0) is 4.79 Å². The number of carbonyl (C=O) groups is 1. The predicted octanol–water partition coefficient (Wildman–Crippen LogP) is 7.35. The maximum atomic E-state index is 11.0. The fourth-order valence-electron chi connectivity index (χ4n) is 11.1. The van der Waals surface area contributed by atoms with Crippen LogP contribution in [0.25, 0.3) is 0 Å². The number of fused-ring (bicyclic) bond motifs is 2. The zero-order valence-electron chi connectivity index (χ0n) is 21.7. The van der Waals surface area contributed by atoms with Gasteiger partial charge in [-0.05, 0) is 134 Å². The summed E-state index contributed by atoms with van der Waals surface area (Å²) < 4.78 is 0. The minimum Gasteiger partial charge on any atom is -0.393 e. The second kappa shape index (κ2) is 7.19. The van der Waals surface area contributed by atoms with E-state index in [1.54, 1.807) is 0 Å². The number of carbonyl (C=O) groups excluding carboxylic acids is 1. The van der Waals surface area contributed by atoms with Crippen molar-refractivity contribution in [3.8, 4) is 0 Å². The average molecular weight is 441 g/mol. The summed E-state index contributed by atoms with van der Waals surface area (Å²) in [4.78, 5) is 11.0. The molecule has 0 bridgehead atoms. The van der Waals surface area contributed by atoms with E-state index in [0.29, 0.717) is 21.7 Å². The summed E-state index contributed by atoms with van der Waals surface area (Å²) in [5.74, 6) is 3.18. The molecule has 0 aromatic carbocycles. The molecule has 5 rings (SSSR count). The van der Waals surface area contributed by atoms with Gasteiger partial charge >= 0.3 is 0 Å². The van der Waals surface area contributed by atoms with Gasteiger partial charge in [-0.1, -0.05) is 40.7 Å². The zero-order valence-corrected chi connectivity index (χ0v) is 21.7. The molecule has 0 amide bonds. The van der Waals surface area contributed by atoms with E-state index in [9.17, 15) is 9.90 Å². The van der Waals surface area contributed by atoms with E-state index in [4.69, 9.17) is 0 Å². The molecule has 9 atom stereocenters. The SMILES string of the molecule is C/C(C=O)=C/CCC(C)[C@H]1CCC2(C)C3CCC4C(C)(C)[C@@H](O)CC[C@@]45C[C@@]35CC[C@]12C. The van der Waals surface area contributed by atoms with E-state index in [-0.39, 0.29) is 11.5 Å². The first kappa shape index (κ1) is 23.1. The molecule has 1 N–H and O–H groups in total. The van der Waals surface area contributed by atoms with Crippen molar-refractivity contribution < 1.29 is 9.90 Å². The van der Waals surface area contributed by atoms with E-state index in [2.05, 4.69) is 40.7 Å². The molecule has 0 aliphatic heterocycles. The first-order valence-corrected chi connectivity index (χ1v) is 13.8. The molecule has 2 nitrogen and oxygen atoms in total. The van der Waals surface area contributed by atoms with Gasteiger partial charge in [-0.15, -0.1) is 0 Å². The Labute approximate surface area is 197 Å². The van der Waals surface area contributed by atoms with E-state index < -0.39 is 0 Å². The quantitative estimate of drug-likeness (QED) is 0.358. The molecule has 180 valence electrons. The summed E-state index contributed by atoms with van der Waals surface area (Å²) in [7, 11) is 0. The standard InChI is InChI=1S/C30H48O2/c1-20(18-31)8-7-9-21(2)22-12-14-28(6)24-11-10-23-26(3,4)25(32)13-15-29(23)19-30(24,29)17-16-27(22,28)5/h8,18,21-25,32H,7,9-17,19H2,1-6H3/b20-8-/t21?,22-,23?,24?,25+,27-,28?,29-,30+/m1/s1. The summed E-state index contributed by atoms with van der Waals surface area (Å²) in [5.41, 5.74) is 3.05. The summed E-state index contributed by atoms with van der Waals surface area (Å²) >= 11 is 0. The minimum atomic E-state index is -0.106. The van der Waals surface area contributed by atoms with E-state index in [1.165, 1.54) is 57.8 Å². The van der Waals surface area contributed by atoms with E-state index >= 15 is 0 Å². The van der Waals surface area contributed by atoms with E-state index in [0.717, 1.165) is 48.4 Å². The number of aliphatic hydroxyl groups is 1. The van der Waals surface area contributed by atoms with Crippen molar-refractivity contribution >= 4 is 6.29 Å². The summed E-state index contributed by atoms with van der Waals surface area (Å²) in [6, 6.07) is 0. The van der Waals surface area contributed by atoms with Crippen molar-refractivity contribution in [1.29, 1.82) is 0 Å². The zero-order chi connectivity index (χ0) is 23.2. The molecular formula is C30H48O2. The Morgan fingerprint density at radius 3 is 2.34 bits per heavy atom. The molecule has 5 aliphatic rings. The van der Waals surface area contributed by atoms with Gasteiger partial charge in [-0.25, -0.2) is 0 Å². The summed E-state index contributed by atoms with van der Waals surface area (Å²) in [6.45, 7) is 14.6.